The normalized spacial score (nSPS) is 19.9. The topological polar surface area (TPSA) is 149 Å². The molecule has 7 atom stereocenters. The average Bonchev–Trinajstić information content (AvgIpc) is 3.33. The summed E-state index contributed by atoms with van der Waals surface area (Å²) in [5.41, 5.74) is 0. The molecule has 0 saturated carbocycles. The summed E-state index contributed by atoms with van der Waals surface area (Å²) in [6.45, 7) is 3.78. The van der Waals surface area contributed by atoms with Gasteiger partial charge in [-0.3, -0.25) is 4.79 Å². The van der Waals surface area contributed by atoms with Crippen molar-refractivity contribution in [1.82, 2.24) is 5.32 Å². The van der Waals surface area contributed by atoms with E-state index in [9.17, 15) is 30.3 Å². The molecule has 1 amide bonds. The number of nitrogens with one attached hydrogen (secondary N) is 1. The van der Waals surface area contributed by atoms with Gasteiger partial charge in [0.25, 0.3) is 0 Å². The lowest BCUT2D eigenvalue weighted by Crippen LogP contribution is -2.60. The zero-order valence-corrected chi connectivity index (χ0v) is 43.7. The quantitative estimate of drug-likeness (QED) is 0.0261. The fourth-order valence-corrected chi connectivity index (χ4v) is 9.13. The van der Waals surface area contributed by atoms with Crippen molar-refractivity contribution in [2.75, 3.05) is 13.2 Å². The van der Waals surface area contributed by atoms with E-state index in [0.717, 1.165) is 44.9 Å². The fraction of sp³-hybridized carbons (Fsp3) is 0.879. The molecular formula is C58H109NO8. The fourth-order valence-electron chi connectivity index (χ4n) is 9.13. The van der Waals surface area contributed by atoms with E-state index in [2.05, 4.69) is 43.5 Å². The summed E-state index contributed by atoms with van der Waals surface area (Å²) in [6, 6.07) is -0.826. The van der Waals surface area contributed by atoms with Gasteiger partial charge in [-0.15, -0.1) is 0 Å². The molecule has 0 aromatic carbocycles. The number of unbranched alkanes of at least 4 members (excludes halogenated alkanes) is 35. The van der Waals surface area contributed by atoms with Gasteiger partial charge in [-0.1, -0.05) is 256 Å². The van der Waals surface area contributed by atoms with Gasteiger partial charge in [0.2, 0.25) is 5.91 Å². The van der Waals surface area contributed by atoms with E-state index in [1.165, 1.54) is 205 Å². The molecule has 1 saturated heterocycles. The number of hydrogen-bond donors (Lipinski definition) is 6. The van der Waals surface area contributed by atoms with Crippen LogP contribution >= 0.6 is 0 Å². The highest BCUT2D eigenvalue weighted by Crippen LogP contribution is 2.23. The first kappa shape index (κ1) is 63.4. The van der Waals surface area contributed by atoms with Crippen molar-refractivity contribution in [2.45, 2.75) is 314 Å². The Balaban J connectivity index is 2.23. The molecule has 1 fully saturated rings. The highest BCUT2D eigenvalue weighted by Gasteiger charge is 2.44. The van der Waals surface area contributed by atoms with Crippen LogP contribution in [0.1, 0.15) is 271 Å². The van der Waals surface area contributed by atoms with Crippen molar-refractivity contribution in [3.05, 3.63) is 36.5 Å². The zero-order chi connectivity index (χ0) is 48.7. The Morgan fingerprint density at radius 1 is 0.493 bits per heavy atom. The standard InChI is InChI=1S/C58H109NO8/c1-3-5-7-9-11-13-15-17-19-21-23-24-25-26-27-28-29-30-32-34-36-38-40-42-44-46-48-54(62)59-51(50-66-58-57(65)56(64)55(63)53(49-60)67-58)52(61)47-45-43-41-39-37-35-33-31-22-20-18-16-14-12-10-8-6-4-2/h22,31,37,39,45,47,51-53,55-58,60-61,63-65H,3-21,23-30,32-36,38,40-44,46,48-50H2,1-2H3,(H,59,62)/b31-22+,39-37+,47-45+. The highest BCUT2D eigenvalue weighted by atomic mass is 16.7. The summed E-state index contributed by atoms with van der Waals surface area (Å²) in [5, 5.41) is 54.4. The smallest absolute Gasteiger partial charge is 0.220 e. The summed E-state index contributed by atoms with van der Waals surface area (Å²) in [5.74, 6) is -0.186. The number of carbonyl (C=O) groups is 1. The third-order valence-corrected chi connectivity index (χ3v) is 13.7. The lowest BCUT2D eigenvalue weighted by atomic mass is 9.99. The number of allylic oxidation sites excluding steroid dienone is 5. The van der Waals surface area contributed by atoms with Crippen LogP contribution in [-0.2, 0) is 14.3 Å². The van der Waals surface area contributed by atoms with Crippen molar-refractivity contribution in [2.24, 2.45) is 0 Å². The van der Waals surface area contributed by atoms with Crippen LogP contribution in [0.4, 0.5) is 0 Å². The Labute approximate surface area is 412 Å². The molecule has 0 aromatic heterocycles. The number of carbonyl (C=O) groups excluding carboxylic acids is 1. The molecule has 0 bridgehead atoms. The molecule has 0 spiro atoms. The van der Waals surface area contributed by atoms with Gasteiger partial charge in [0.15, 0.2) is 6.29 Å². The van der Waals surface area contributed by atoms with E-state index in [1.54, 1.807) is 6.08 Å². The minimum Gasteiger partial charge on any atom is -0.394 e. The zero-order valence-electron chi connectivity index (χ0n) is 43.7. The molecule has 9 nitrogen and oxygen atoms in total. The van der Waals surface area contributed by atoms with Gasteiger partial charge in [0, 0.05) is 6.42 Å². The number of aliphatic hydroxyl groups excluding tert-OH is 5. The van der Waals surface area contributed by atoms with Crippen LogP contribution in [0.15, 0.2) is 36.5 Å². The Bertz CT molecular complexity index is 1150. The van der Waals surface area contributed by atoms with Crippen molar-refractivity contribution >= 4 is 5.91 Å². The molecule has 0 aromatic rings. The van der Waals surface area contributed by atoms with Gasteiger partial charge in [0.05, 0.1) is 25.4 Å². The monoisotopic (exact) mass is 948 g/mol. The van der Waals surface area contributed by atoms with Crippen LogP contribution in [0.25, 0.3) is 0 Å². The number of hydrogen-bond acceptors (Lipinski definition) is 8. The first-order chi connectivity index (χ1) is 32.8. The molecule has 0 radical (unpaired) electrons. The van der Waals surface area contributed by atoms with Crippen LogP contribution in [0.5, 0.6) is 0 Å². The maximum atomic E-state index is 13.0. The minimum atomic E-state index is -1.57. The second kappa shape index (κ2) is 48.1. The number of rotatable bonds is 49. The Kier molecular flexibility index (Phi) is 45.5. The van der Waals surface area contributed by atoms with Crippen molar-refractivity contribution in [3.63, 3.8) is 0 Å². The van der Waals surface area contributed by atoms with Gasteiger partial charge in [-0.05, 0) is 44.9 Å². The van der Waals surface area contributed by atoms with Crippen LogP contribution in [0.2, 0.25) is 0 Å². The highest BCUT2D eigenvalue weighted by molar-refractivity contribution is 5.76. The van der Waals surface area contributed by atoms with Crippen molar-refractivity contribution < 1.29 is 39.8 Å². The van der Waals surface area contributed by atoms with Crippen LogP contribution in [0.3, 0.4) is 0 Å². The van der Waals surface area contributed by atoms with Crippen molar-refractivity contribution in [3.8, 4) is 0 Å². The molecule has 9 heteroatoms. The maximum Gasteiger partial charge on any atom is 0.220 e. The second-order valence-electron chi connectivity index (χ2n) is 20.1. The lowest BCUT2D eigenvalue weighted by molar-refractivity contribution is -0.302. The third-order valence-electron chi connectivity index (χ3n) is 13.7. The number of aliphatic hydroxyl groups is 5. The summed E-state index contributed by atoms with van der Waals surface area (Å²) in [4.78, 5) is 13.0. The van der Waals surface area contributed by atoms with E-state index >= 15 is 0 Å². The summed E-state index contributed by atoms with van der Waals surface area (Å²) in [6.07, 6.45) is 55.0. The summed E-state index contributed by atoms with van der Waals surface area (Å²) < 4.78 is 11.2. The van der Waals surface area contributed by atoms with Crippen LogP contribution < -0.4 is 5.32 Å². The summed E-state index contributed by atoms with van der Waals surface area (Å²) >= 11 is 0. The Morgan fingerprint density at radius 2 is 0.851 bits per heavy atom. The SMILES string of the molecule is CCCCCCCCCC/C=C/CC/C=C/CC/C=C/C(O)C(COC1OC(CO)C(O)C(O)C1O)NC(=O)CCCCCCCCCCCCCCCCCCCCCCCCCCCC. The van der Waals surface area contributed by atoms with Gasteiger partial charge in [-0.25, -0.2) is 0 Å². The Hall–Kier alpha value is -1.59. The molecule has 1 aliphatic heterocycles. The minimum absolute atomic E-state index is 0.186. The molecule has 67 heavy (non-hydrogen) atoms. The molecule has 1 aliphatic rings. The predicted molar refractivity (Wildman–Crippen MR) is 281 cm³/mol. The van der Waals surface area contributed by atoms with Gasteiger partial charge in [-0.2, -0.15) is 0 Å². The first-order valence-electron chi connectivity index (χ1n) is 28.7. The van der Waals surface area contributed by atoms with Gasteiger partial charge in [0.1, 0.15) is 24.4 Å². The second-order valence-corrected chi connectivity index (χ2v) is 20.1. The molecular weight excluding hydrogens is 839 g/mol. The molecule has 1 rings (SSSR count). The molecule has 394 valence electrons. The number of amides is 1. The first-order valence-corrected chi connectivity index (χ1v) is 28.7. The molecule has 0 aliphatic carbocycles. The summed E-state index contributed by atoms with van der Waals surface area (Å²) in [7, 11) is 0. The Morgan fingerprint density at radius 3 is 1.25 bits per heavy atom. The van der Waals surface area contributed by atoms with E-state index < -0.39 is 49.5 Å². The van der Waals surface area contributed by atoms with E-state index in [0.29, 0.717) is 6.42 Å². The van der Waals surface area contributed by atoms with Gasteiger partial charge < -0.3 is 40.3 Å². The van der Waals surface area contributed by atoms with Gasteiger partial charge >= 0.3 is 0 Å². The molecule has 7 unspecified atom stereocenters. The number of ether oxygens (including phenoxy) is 2. The molecule has 1 heterocycles. The average molecular weight is 949 g/mol. The molecule has 6 N–H and O–H groups in total. The van der Waals surface area contributed by atoms with Crippen LogP contribution in [-0.4, -0.2) is 87.5 Å². The third kappa shape index (κ3) is 37.9. The van der Waals surface area contributed by atoms with E-state index in [1.807, 2.05) is 6.08 Å². The maximum absolute atomic E-state index is 13.0. The van der Waals surface area contributed by atoms with E-state index in [4.69, 9.17) is 9.47 Å². The van der Waals surface area contributed by atoms with E-state index in [-0.39, 0.29) is 12.5 Å². The van der Waals surface area contributed by atoms with Crippen molar-refractivity contribution in [1.29, 1.82) is 0 Å². The largest absolute Gasteiger partial charge is 0.394 e. The van der Waals surface area contributed by atoms with Crippen LogP contribution in [0, 0.1) is 0 Å². The predicted octanol–water partition coefficient (Wildman–Crippen LogP) is 14.0. The lowest BCUT2D eigenvalue weighted by Gasteiger charge is -2.40.